The molecule has 0 aliphatic carbocycles. The third-order valence-corrected chi connectivity index (χ3v) is 5.28. The molecule has 1 aliphatic rings. The van der Waals surface area contributed by atoms with E-state index in [1.807, 2.05) is 19.9 Å². The SMILES string of the molecule is CCNC(=NCC1(N(C)C)CCOCC1)NC(C)c1ccc(OC)c(F)c1.I. The molecule has 0 aromatic heterocycles. The Balaban J connectivity index is 0.00000392. The van der Waals surface area contributed by atoms with Gasteiger partial charge in [0.05, 0.1) is 19.7 Å². The first-order valence-corrected chi connectivity index (χ1v) is 9.55. The van der Waals surface area contributed by atoms with Crippen molar-refractivity contribution in [1.29, 1.82) is 0 Å². The van der Waals surface area contributed by atoms with E-state index in [1.54, 1.807) is 6.07 Å². The molecule has 6 nitrogen and oxygen atoms in total. The number of halogens is 2. The summed E-state index contributed by atoms with van der Waals surface area (Å²) >= 11 is 0. The number of guanidine groups is 1. The van der Waals surface area contributed by atoms with Crippen LogP contribution in [0.4, 0.5) is 4.39 Å². The van der Waals surface area contributed by atoms with E-state index in [2.05, 4.69) is 29.6 Å². The smallest absolute Gasteiger partial charge is 0.191 e. The molecule has 1 aromatic carbocycles. The normalized spacial score (nSPS) is 17.6. The summed E-state index contributed by atoms with van der Waals surface area (Å²) < 4.78 is 24.5. The molecule has 1 aromatic rings. The zero-order valence-electron chi connectivity index (χ0n) is 17.5. The topological polar surface area (TPSA) is 58.1 Å². The van der Waals surface area contributed by atoms with Crippen molar-refractivity contribution in [2.24, 2.45) is 4.99 Å². The summed E-state index contributed by atoms with van der Waals surface area (Å²) in [5.74, 6) is 0.618. The third-order valence-electron chi connectivity index (χ3n) is 5.28. The van der Waals surface area contributed by atoms with Gasteiger partial charge in [0.1, 0.15) is 0 Å². The van der Waals surface area contributed by atoms with Gasteiger partial charge in [-0.15, -0.1) is 24.0 Å². The third kappa shape index (κ3) is 6.45. The van der Waals surface area contributed by atoms with Gasteiger partial charge >= 0.3 is 0 Å². The van der Waals surface area contributed by atoms with Crippen LogP contribution in [0.15, 0.2) is 23.2 Å². The Labute approximate surface area is 185 Å². The van der Waals surface area contributed by atoms with Gasteiger partial charge in [-0.05, 0) is 58.5 Å². The van der Waals surface area contributed by atoms with Gasteiger partial charge in [0.25, 0.3) is 0 Å². The van der Waals surface area contributed by atoms with Crippen LogP contribution in [-0.4, -0.2) is 63.9 Å². The Morgan fingerprint density at radius 1 is 1.36 bits per heavy atom. The zero-order chi connectivity index (χ0) is 19.9. The van der Waals surface area contributed by atoms with Crippen molar-refractivity contribution < 1.29 is 13.9 Å². The molecule has 0 radical (unpaired) electrons. The highest BCUT2D eigenvalue weighted by Crippen LogP contribution is 2.26. The summed E-state index contributed by atoms with van der Waals surface area (Å²) in [4.78, 5) is 7.09. The first-order valence-electron chi connectivity index (χ1n) is 9.55. The van der Waals surface area contributed by atoms with Crippen LogP contribution in [0.5, 0.6) is 5.75 Å². The zero-order valence-corrected chi connectivity index (χ0v) is 19.9. The second-order valence-corrected chi connectivity index (χ2v) is 7.19. The van der Waals surface area contributed by atoms with Crippen molar-refractivity contribution in [1.82, 2.24) is 15.5 Å². The van der Waals surface area contributed by atoms with E-state index in [0.717, 1.165) is 44.1 Å². The lowest BCUT2D eigenvalue weighted by Gasteiger charge is -2.41. The maximum atomic E-state index is 14.0. The Hall–Kier alpha value is -1.13. The number of benzene rings is 1. The highest BCUT2D eigenvalue weighted by molar-refractivity contribution is 14.0. The van der Waals surface area contributed by atoms with E-state index in [9.17, 15) is 4.39 Å². The molecule has 2 N–H and O–H groups in total. The molecular formula is C20H34FIN4O2. The van der Waals surface area contributed by atoms with Crippen LogP contribution in [0.2, 0.25) is 0 Å². The second-order valence-electron chi connectivity index (χ2n) is 7.19. The summed E-state index contributed by atoms with van der Waals surface area (Å²) in [6, 6.07) is 4.92. The summed E-state index contributed by atoms with van der Waals surface area (Å²) in [5.41, 5.74) is 0.850. The summed E-state index contributed by atoms with van der Waals surface area (Å²) in [7, 11) is 5.67. The van der Waals surface area contributed by atoms with E-state index in [4.69, 9.17) is 14.5 Å². The van der Waals surface area contributed by atoms with E-state index in [-0.39, 0.29) is 47.1 Å². The first-order chi connectivity index (χ1) is 12.9. The molecule has 1 saturated heterocycles. The van der Waals surface area contributed by atoms with Crippen LogP contribution in [0.1, 0.15) is 38.3 Å². The molecule has 0 spiro atoms. The Morgan fingerprint density at radius 2 is 2.04 bits per heavy atom. The van der Waals surface area contributed by atoms with Gasteiger partial charge in [-0.1, -0.05) is 6.07 Å². The first kappa shape index (κ1) is 24.9. The Bertz CT molecular complexity index is 637. The number of likely N-dealkylation sites (N-methyl/N-ethyl adjacent to an activating group) is 1. The van der Waals surface area contributed by atoms with Gasteiger partial charge < -0.3 is 25.0 Å². The molecule has 0 amide bonds. The molecule has 0 saturated carbocycles. The quantitative estimate of drug-likeness (QED) is 0.337. The predicted molar refractivity (Wildman–Crippen MR) is 122 cm³/mol. The maximum absolute atomic E-state index is 14.0. The van der Waals surface area contributed by atoms with Crippen LogP contribution >= 0.6 is 24.0 Å². The van der Waals surface area contributed by atoms with Crippen molar-refractivity contribution >= 4 is 29.9 Å². The van der Waals surface area contributed by atoms with Crippen molar-refractivity contribution in [2.45, 2.75) is 38.3 Å². The average molecular weight is 508 g/mol. The fourth-order valence-electron chi connectivity index (χ4n) is 3.28. The van der Waals surface area contributed by atoms with Gasteiger partial charge in [-0.2, -0.15) is 0 Å². The summed E-state index contributed by atoms with van der Waals surface area (Å²) in [6.45, 7) is 6.99. The van der Waals surface area contributed by atoms with Crippen LogP contribution in [-0.2, 0) is 4.74 Å². The van der Waals surface area contributed by atoms with Crippen molar-refractivity contribution in [3.05, 3.63) is 29.6 Å². The van der Waals surface area contributed by atoms with Gasteiger partial charge in [0.15, 0.2) is 17.5 Å². The second kappa shape index (κ2) is 11.8. The van der Waals surface area contributed by atoms with Gasteiger partial charge in [0.2, 0.25) is 0 Å². The fourth-order valence-corrected chi connectivity index (χ4v) is 3.28. The minimum absolute atomic E-state index is 0. The van der Waals surface area contributed by atoms with E-state index >= 15 is 0 Å². The summed E-state index contributed by atoms with van der Waals surface area (Å²) in [6.07, 6.45) is 1.92. The number of nitrogens with one attached hydrogen (secondary N) is 2. The maximum Gasteiger partial charge on any atom is 0.191 e. The van der Waals surface area contributed by atoms with Crippen LogP contribution < -0.4 is 15.4 Å². The monoisotopic (exact) mass is 508 g/mol. The number of aliphatic imine (C=N–C) groups is 1. The number of hydrogen-bond donors (Lipinski definition) is 2. The molecule has 1 unspecified atom stereocenters. The minimum Gasteiger partial charge on any atom is -0.494 e. The van der Waals surface area contributed by atoms with Crippen LogP contribution in [0.25, 0.3) is 0 Å². The van der Waals surface area contributed by atoms with Crippen molar-refractivity contribution in [2.75, 3.05) is 47.5 Å². The fraction of sp³-hybridized carbons (Fsp3) is 0.650. The van der Waals surface area contributed by atoms with E-state index in [1.165, 1.54) is 13.2 Å². The van der Waals surface area contributed by atoms with Gasteiger partial charge in [-0.3, -0.25) is 4.99 Å². The minimum atomic E-state index is -0.362. The molecule has 0 bridgehead atoms. The lowest BCUT2D eigenvalue weighted by atomic mass is 9.89. The molecule has 1 fully saturated rings. The lowest BCUT2D eigenvalue weighted by Crippen LogP contribution is -2.51. The van der Waals surface area contributed by atoms with Crippen molar-refractivity contribution in [3.8, 4) is 5.75 Å². The number of hydrogen-bond acceptors (Lipinski definition) is 4. The highest BCUT2D eigenvalue weighted by Gasteiger charge is 2.34. The lowest BCUT2D eigenvalue weighted by molar-refractivity contribution is -0.00255. The predicted octanol–water partition coefficient (Wildman–Crippen LogP) is 3.18. The Kier molecular flexibility index (Phi) is 10.5. The highest BCUT2D eigenvalue weighted by atomic mass is 127. The van der Waals surface area contributed by atoms with E-state index in [0.29, 0.717) is 6.54 Å². The number of rotatable bonds is 7. The molecule has 1 heterocycles. The molecule has 1 atom stereocenters. The summed E-state index contributed by atoms with van der Waals surface area (Å²) in [5, 5.41) is 6.66. The standard InChI is InChI=1S/C20H33FN4O2.HI/c1-6-22-19(23-14-20(25(3)4)9-11-27-12-10-20)24-15(2)16-7-8-18(26-5)17(21)13-16;/h7-8,13,15H,6,9-12,14H2,1-5H3,(H2,22,23,24);1H. The molecule has 2 rings (SSSR count). The number of ether oxygens (including phenoxy) is 2. The van der Waals surface area contributed by atoms with Crippen molar-refractivity contribution in [3.63, 3.8) is 0 Å². The van der Waals surface area contributed by atoms with Gasteiger partial charge in [-0.25, -0.2) is 4.39 Å². The Morgan fingerprint density at radius 3 is 2.57 bits per heavy atom. The van der Waals surface area contributed by atoms with Crippen LogP contribution in [0.3, 0.4) is 0 Å². The molecule has 8 heteroatoms. The average Bonchev–Trinajstić information content (AvgIpc) is 2.66. The molecule has 1 aliphatic heterocycles. The largest absolute Gasteiger partial charge is 0.494 e. The number of nitrogens with zero attached hydrogens (tertiary/aromatic N) is 2. The van der Waals surface area contributed by atoms with Crippen LogP contribution in [0, 0.1) is 5.82 Å². The van der Waals surface area contributed by atoms with E-state index < -0.39 is 0 Å². The molecule has 160 valence electrons. The molecular weight excluding hydrogens is 474 g/mol. The number of methoxy groups -OCH3 is 1. The molecule has 28 heavy (non-hydrogen) atoms. The van der Waals surface area contributed by atoms with Gasteiger partial charge in [0, 0.05) is 25.3 Å².